The zero-order valence-electron chi connectivity index (χ0n) is 12.1. The van der Waals surface area contributed by atoms with Crippen molar-refractivity contribution in [2.75, 3.05) is 18.0 Å². The Balaban J connectivity index is 1.83. The standard InChI is InChI=1S/C14H20N6/c1-9-6-12(4-5-15-9)13-17-14(19-18-13)20-7-10(2)16-11(3)8-20/h4-6,10-11,16H,7-8H2,1-3H3,(H,17,18,19). The number of anilines is 1. The number of aryl methyl sites for hydroxylation is 1. The lowest BCUT2D eigenvalue weighted by atomic mass is 10.1. The van der Waals surface area contributed by atoms with Gasteiger partial charge in [-0.05, 0) is 32.9 Å². The summed E-state index contributed by atoms with van der Waals surface area (Å²) in [7, 11) is 0. The van der Waals surface area contributed by atoms with Crippen molar-refractivity contribution in [3.05, 3.63) is 24.0 Å². The molecule has 106 valence electrons. The summed E-state index contributed by atoms with van der Waals surface area (Å²) >= 11 is 0. The molecular formula is C14H20N6. The Hall–Kier alpha value is -1.95. The molecule has 2 N–H and O–H groups in total. The monoisotopic (exact) mass is 272 g/mol. The number of nitrogens with zero attached hydrogens (tertiary/aromatic N) is 4. The summed E-state index contributed by atoms with van der Waals surface area (Å²) in [6.45, 7) is 8.19. The fourth-order valence-corrected chi connectivity index (χ4v) is 2.71. The van der Waals surface area contributed by atoms with Crippen LogP contribution in [0.2, 0.25) is 0 Å². The van der Waals surface area contributed by atoms with Crippen molar-refractivity contribution in [1.82, 2.24) is 25.5 Å². The SMILES string of the molecule is Cc1cc(-c2nc(N3CC(C)NC(C)C3)n[nH]2)ccn1. The van der Waals surface area contributed by atoms with Crippen molar-refractivity contribution in [3.63, 3.8) is 0 Å². The smallest absolute Gasteiger partial charge is 0.245 e. The lowest BCUT2D eigenvalue weighted by Gasteiger charge is -2.35. The van der Waals surface area contributed by atoms with Gasteiger partial charge in [-0.25, -0.2) is 0 Å². The van der Waals surface area contributed by atoms with Crippen LogP contribution in [0.4, 0.5) is 5.95 Å². The molecular weight excluding hydrogens is 252 g/mol. The van der Waals surface area contributed by atoms with Crippen LogP contribution in [-0.4, -0.2) is 45.3 Å². The van der Waals surface area contributed by atoms with Crippen LogP contribution < -0.4 is 10.2 Å². The second-order valence-corrected chi connectivity index (χ2v) is 5.54. The predicted molar refractivity (Wildman–Crippen MR) is 78.6 cm³/mol. The lowest BCUT2D eigenvalue weighted by molar-refractivity contribution is 0.403. The van der Waals surface area contributed by atoms with Crippen LogP contribution >= 0.6 is 0 Å². The van der Waals surface area contributed by atoms with Gasteiger partial charge in [0.2, 0.25) is 5.95 Å². The van der Waals surface area contributed by atoms with E-state index in [1.54, 1.807) is 6.20 Å². The summed E-state index contributed by atoms with van der Waals surface area (Å²) < 4.78 is 0. The third kappa shape index (κ3) is 2.65. The molecule has 0 saturated carbocycles. The van der Waals surface area contributed by atoms with E-state index in [9.17, 15) is 0 Å². The van der Waals surface area contributed by atoms with Gasteiger partial charge < -0.3 is 10.2 Å². The van der Waals surface area contributed by atoms with Gasteiger partial charge in [0.1, 0.15) is 0 Å². The first-order valence-electron chi connectivity index (χ1n) is 6.98. The van der Waals surface area contributed by atoms with E-state index >= 15 is 0 Å². The molecule has 6 nitrogen and oxygen atoms in total. The second-order valence-electron chi connectivity index (χ2n) is 5.54. The molecule has 2 aromatic heterocycles. The fourth-order valence-electron chi connectivity index (χ4n) is 2.71. The Bertz CT molecular complexity index is 583. The van der Waals surface area contributed by atoms with Crippen LogP contribution in [0.5, 0.6) is 0 Å². The number of aromatic amines is 1. The number of rotatable bonds is 2. The minimum absolute atomic E-state index is 0.448. The van der Waals surface area contributed by atoms with Crippen LogP contribution in [0.25, 0.3) is 11.4 Å². The Morgan fingerprint density at radius 2 is 2.00 bits per heavy atom. The van der Waals surface area contributed by atoms with Crippen LogP contribution in [0.1, 0.15) is 19.5 Å². The van der Waals surface area contributed by atoms with Gasteiger partial charge in [-0.15, -0.1) is 5.10 Å². The van der Waals surface area contributed by atoms with Gasteiger partial charge in [0.25, 0.3) is 0 Å². The van der Waals surface area contributed by atoms with Gasteiger partial charge in [-0.1, -0.05) is 0 Å². The predicted octanol–water partition coefficient (Wildman–Crippen LogP) is 1.36. The quantitative estimate of drug-likeness (QED) is 0.864. The first kappa shape index (κ1) is 13.1. The molecule has 0 bridgehead atoms. The molecule has 1 aliphatic rings. The topological polar surface area (TPSA) is 69.7 Å². The van der Waals surface area contributed by atoms with E-state index in [-0.39, 0.29) is 0 Å². The first-order chi connectivity index (χ1) is 9.61. The maximum Gasteiger partial charge on any atom is 0.245 e. The second kappa shape index (κ2) is 5.20. The zero-order valence-corrected chi connectivity index (χ0v) is 12.1. The summed E-state index contributed by atoms with van der Waals surface area (Å²) in [6.07, 6.45) is 1.79. The summed E-state index contributed by atoms with van der Waals surface area (Å²) in [6, 6.07) is 4.85. The number of hydrogen-bond acceptors (Lipinski definition) is 5. The maximum absolute atomic E-state index is 4.62. The molecule has 1 saturated heterocycles. The average molecular weight is 272 g/mol. The molecule has 0 amide bonds. The van der Waals surface area contributed by atoms with Gasteiger partial charge >= 0.3 is 0 Å². The zero-order chi connectivity index (χ0) is 14.1. The van der Waals surface area contributed by atoms with Crippen molar-refractivity contribution in [2.24, 2.45) is 0 Å². The van der Waals surface area contributed by atoms with Crippen molar-refractivity contribution >= 4 is 5.95 Å². The Morgan fingerprint density at radius 3 is 2.70 bits per heavy atom. The molecule has 2 aromatic rings. The molecule has 0 spiro atoms. The van der Waals surface area contributed by atoms with Crippen molar-refractivity contribution in [3.8, 4) is 11.4 Å². The molecule has 0 radical (unpaired) electrons. The van der Waals surface area contributed by atoms with E-state index in [0.717, 1.165) is 36.1 Å². The number of piperazine rings is 1. The molecule has 0 aliphatic carbocycles. The summed E-state index contributed by atoms with van der Waals surface area (Å²) in [5, 5.41) is 10.9. The Morgan fingerprint density at radius 1 is 1.25 bits per heavy atom. The van der Waals surface area contributed by atoms with Crippen molar-refractivity contribution < 1.29 is 0 Å². The van der Waals surface area contributed by atoms with E-state index in [1.807, 2.05) is 19.1 Å². The third-order valence-corrected chi connectivity index (χ3v) is 3.48. The molecule has 0 aromatic carbocycles. The summed E-state index contributed by atoms with van der Waals surface area (Å²) in [5.74, 6) is 1.57. The van der Waals surface area contributed by atoms with Gasteiger partial charge in [0, 0.05) is 42.6 Å². The molecule has 2 atom stereocenters. The average Bonchev–Trinajstić information content (AvgIpc) is 2.87. The maximum atomic E-state index is 4.62. The first-order valence-corrected chi connectivity index (χ1v) is 6.98. The minimum atomic E-state index is 0.448. The molecule has 1 fully saturated rings. The van der Waals surface area contributed by atoms with Crippen LogP contribution in [-0.2, 0) is 0 Å². The van der Waals surface area contributed by atoms with Crippen LogP contribution in [0.3, 0.4) is 0 Å². The highest BCUT2D eigenvalue weighted by molar-refractivity contribution is 5.56. The van der Waals surface area contributed by atoms with E-state index in [2.05, 4.69) is 44.2 Å². The van der Waals surface area contributed by atoms with E-state index in [1.165, 1.54) is 0 Å². The molecule has 2 unspecified atom stereocenters. The van der Waals surface area contributed by atoms with Gasteiger partial charge in [-0.2, -0.15) is 4.98 Å². The molecule has 20 heavy (non-hydrogen) atoms. The number of hydrogen-bond donors (Lipinski definition) is 2. The summed E-state index contributed by atoms with van der Waals surface area (Å²) in [5.41, 5.74) is 2.00. The largest absolute Gasteiger partial charge is 0.336 e. The van der Waals surface area contributed by atoms with Gasteiger partial charge in [0.15, 0.2) is 5.82 Å². The normalized spacial score (nSPS) is 23.1. The Kier molecular flexibility index (Phi) is 3.40. The molecule has 3 heterocycles. The van der Waals surface area contributed by atoms with Crippen LogP contribution in [0.15, 0.2) is 18.3 Å². The van der Waals surface area contributed by atoms with Crippen molar-refractivity contribution in [2.45, 2.75) is 32.9 Å². The van der Waals surface area contributed by atoms with E-state index < -0.39 is 0 Å². The van der Waals surface area contributed by atoms with Gasteiger partial charge in [-0.3, -0.25) is 10.1 Å². The molecule has 6 heteroatoms. The number of H-pyrrole nitrogens is 1. The van der Waals surface area contributed by atoms with E-state index in [0.29, 0.717) is 12.1 Å². The van der Waals surface area contributed by atoms with Crippen LogP contribution in [0, 0.1) is 6.92 Å². The molecule has 3 rings (SSSR count). The Labute approximate surface area is 118 Å². The molecule has 1 aliphatic heterocycles. The minimum Gasteiger partial charge on any atom is -0.336 e. The highest BCUT2D eigenvalue weighted by atomic mass is 15.4. The fraction of sp³-hybridized carbons (Fsp3) is 0.500. The highest BCUT2D eigenvalue weighted by Gasteiger charge is 2.23. The number of pyridine rings is 1. The lowest BCUT2D eigenvalue weighted by Crippen LogP contribution is -2.54. The number of nitrogens with one attached hydrogen (secondary N) is 2. The highest BCUT2D eigenvalue weighted by Crippen LogP contribution is 2.19. The van der Waals surface area contributed by atoms with E-state index in [4.69, 9.17) is 0 Å². The third-order valence-electron chi connectivity index (χ3n) is 3.48. The number of aromatic nitrogens is 4. The van der Waals surface area contributed by atoms with Crippen molar-refractivity contribution in [1.29, 1.82) is 0 Å². The van der Waals surface area contributed by atoms with Gasteiger partial charge in [0.05, 0.1) is 0 Å². The summed E-state index contributed by atoms with van der Waals surface area (Å²) in [4.78, 5) is 11.0.